The Bertz CT molecular complexity index is 685. The molecule has 2 N–H and O–H groups in total. The third-order valence-electron chi connectivity index (χ3n) is 3.79. The minimum absolute atomic E-state index is 0.352. The summed E-state index contributed by atoms with van der Waals surface area (Å²) < 4.78 is 5.34. The maximum Gasteiger partial charge on any atom is 0.268 e. The minimum atomic E-state index is -0.468. The van der Waals surface area contributed by atoms with Gasteiger partial charge in [0.15, 0.2) is 5.13 Å². The second kappa shape index (κ2) is 6.97. The lowest BCUT2D eigenvalue weighted by Crippen LogP contribution is -2.46. The Morgan fingerprint density at radius 3 is 2.83 bits per heavy atom. The minimum Gasteiger partial charge on any atom is -0.465 e. The van der Waals surface area contributed by atoms with Crippen molar-refractivity contribution in [2.45, 2.75) is 6.92 Å². The summed E-state index contributed by atoms with van der Waals surface area (Å²) in [6.45, 7) is 6.79. The smallest absolute Gasteiger partial charge is 0.268 e. The predicted octanol–water partition coefficient (Wildman–Crippen LogP) is 2.06. The third-order valence-corrected chi connectivity index (χ3v) is 4.69. The van der Waals surface area contributed by atoms with E-state index < -0.39 is 5.91 Å². The third kappa shape index (κ3) is 4.00. The number of aromatic nitrogens is 1. The van der Waals surface area contributed by atoms with Gasteiger partial charge in [0.05, 0.1) is 6.26 Å². The number of hydrogen-bond donors (Lipinski definition) is 1. The van der Waals surface area contributed by atoms with Crippen molar-refractivity contribution < 1.29 is 9.21 Å². The molecule has 23 heavy (non-hydrogen) atoms. The number of amides is 1. The average molecular weight is 332 g/mol. The Balaban J connectivity index is 1.52. The molecule has 0 radical (unpaired) electrons. The van der Waals surface area contributed by atoms with Gasteiger partial charge in [-0.05, 0) is 25.1 Å². The van der Waals surface area contributed by atoms with Crippen molar-refractivity contribution in [2.75, 3.05) is 37.6 Å². The largest absolute Gasteiger partial charge is 0.465 e. The first-order valence-electron chi connectivity index (χ1n) is 7.55. The van der Waals surface area contributed by atoms with Crippen molar-refractivity contribution in [3.8, 4) is 0 Å². The fourth-order valence-electron chi connectivity index (χ4n) is 2.63. The Hall–Kier alpha value is -2.12. The highest BCUT2D eigenvalue weighted by atomic mass is 32.1. The van der Waals surface area contributed by atoms with Crippen LogP contribution in [0.25, 0.3) is 6.08 Å². The summed E-state index contributed by atoms with van der Waals surface area (Å²) in [5.74, 6) is 0.424. The molecule has 1 fully saturated rings. The summed E-state index contributed by atoms with van der Waals surface area (Å²) in [7, 11) is 0. The fraction of sp³-hybridized carbons (Fsp3) is 0.375. The highest BCUT2D eigenvalue weighted by Gasteiger charge is 2.20. The van der Waals surface area contributed by atoms with E-state index in [0.717, 1.165) is 43.6 Å². The predicted molar refractivity (Wildman–Crippen MR) is 91.6 cm³/mol. The quantitative estimate of drug-likeness (QED) is 0.907. The molecule has 7 heteroatoms. The zero-order valence-electron chi connectivity index (χ0n) is 13.1. The van der Waals surface area contributed by atoms with Crippen LogP contribution in [0, 0.1) is 0 Å². The molecule has 0 atom stereocenters. The summed E-state index contributed by atoms with van der Waals surface area (Å²) in [5.41, 5.74) is 6.88. The topological polar surface area (TPSA) is 75.6 Å². The van der Waals surface area contributed by atoms with Crippen molar-refractivity contribution in [3.63, 3.8) is 0 Å². The maximum absolute atomic E-state index is 11.1. The first-order valence-corrected chi connectivity index (χ1v) is 8.43. The molecule has 3 heterocycles. The number of piperazine rings is 1. The summed E-state index contributed by atoms with van der Waals surface area (Å²) in [4.78, 5) is 20.0. The molecule has 0 aromatic carbocycles. The average Bonchev–Trinajstić information content (AvgIpc) is 3.19. The van der Waals surface area contributed by atoms with Crippen molar-refractivity contribution in [1.82, 2.24) is 9.88 Å². The van der Waals surface area contributed by atoms with E-state index in [-0.39, 0.29) is 0 Å². The van der Waals surface area contributed by atoms with E-state index in [1.807, 2.05) is 12.1 Å². The van der Waals surface area contributed by atoms with E-state index in [0.29, 0.717) is 5.69 Å². The first kappa shape index (κ1) is 15.8. The number of thiazole rings is 1. The van der Waals surface area contributed by atoms with Gasteiger partial charge in [0.25, 0.3) is 5.91 Å². The molecular formula is C16H20N4O2S. The van der Waals surface area contributed by atoms with Crippen LogP contribution in [-0.2, 0) is 0 Å². The number of carbonyl (C=O) groups is 1. The molecule has 1 aliphatic heterocycles. The van der Waals surface area contributed by atoms with Crippen molar-refractivity contribution in [1.29, 1.82) is 0 Å². The van der Waals surface area contributed by atoms with E-state index in [9.17, 15) is 4.79 Å². The van der Waals surface area contributed by atoms with E-state index in [2.05, 4.69) is 27.8 Å². The van der Waals surface area contributed by atoms with Gasteiger partial charge in [0.2, 0.25) is 0 Å². The Kier molecular flexibility index (Phi) is 4.78. The molecule has 6 nitrogen and oxygen atoms in total. The monoisotopic (exact) mass is 332 g/mol. The second-order valence-corrected chi connectivity index (χ2v) is 6.49. The number of anilines is 1. The molecule has 2 aromatic heterocycles. The lowest BCUT2D eigenvalue weighted by Gasteiger charge is -2.34. The van der Waals surface area contributed by atoms with E-state index in [4.69, 9.17) is 10.2 Å². The zero-order chi connectivity index (χ0) is 16.2. The maximum atomic E-state index is 11.1. The van der Waals surface area contributed by atoms with Gasteiger partial charge in [-0.1, -0.05) is 5.57 Å². The number of hydrogen-bond acceptors (Lipinski definition) is 6. The highest BCUT2D eigenvalue weighted by Crippen LogP contribution is 2.22. The van der Waals surface area contributed by atoms with Crippen LogP contribution in [0.4, 0.5) is 5.13 Å². The molecule has 0 spiro atoms. The van der Waals surface area contributed by atoms with Gasteiger partial charge in [-0.25, -0.2) is 4.98 Å². The van der Waals surface area contributed by atoms with Crippen molar-refractivity contribution >= 4 is 28.5 Å². The van der Waals surface area contributed by atoms with E-state index in [1.165, 1.54) is 16.9 Å². The van der Waals surface area contributed by atoms with Gasteiger partial charge in [0.1, 0.15) is 11.5 Å². The second-order valence-electron chi connectivity index (χ2n) is 5.65. The fourth-order valence-corrected chi connectivity index (χ4v) is 3.50. The van der Waals surface area contributed by atoms with Gasteiger partial charge in [-0.3, -0.25) is 9.69 Å². The molecule has 1 amide bonds. The van der Waals surface area contributed by atoms with E-state index >= 15 is 0 Å². The number of primary amides is 1. The zero-order valence-corrected chi connectivity index (χ0v) is 13.9. The molecule has 122 valence electrons. The van der Waals surface area contributed by atoms with Gasteiger partial charge >= 0.3 is 0 Å². The van der Waals surface area contributed by atoms with Crippen LogP contribution >= 0.6 is 11.3 Å². The number of rotatable bonds is 5. The van der Waals surface area contributed by atoms with Crippen LogP contribution in [0.3, 0.4) is 0 Å². The molecule has 0 unspecified atom stereocenters. The molecule has 0 saturated carbocycles. The van der Waals surface area contributed by atoms with Crippen LogP contribution in [-0.4, -0.2) is 48.5 Å². The molecule has 1 aliphatic rings. The first-order chi connectivity index (χ1) is 11.1. The summed E-state index contributed by atoms with van der Waals surface area (Å²) in [5, 5.41) is 2.60. The van der Waals surface area contributed by atoms with E-state index in [1.54, 1.807) is 11.6 Å². The molecule has 2 aromatic rings. The molecular weight excluding hydrogens is 312 g/mol. The molecule has 0 bridgehead atoms. The standard InChI is InChI=1S/C16H20N4O2S/c1-12(9-13-3-2-8-22-13)10-19-4-6-20(7-5-19)16-18-14(11-23-16)15(17)21/h2-3,8-9,11H,4-7,10H2,1H3,(H2,17,21)/b12-9+. The lowest BCUT2D eigenvalue weighted by atomic mass is 10.2. The van der Waals surface area contributed by atoms with Gasteiger partial charge < -0.3 is 15.1 Å². The van der Waals surface area contributed by atoms with Crippen molar-refractivity contribution in [3.05, 3.63) is 40.8 Å². The van der Waals surface area contributed by atoms with Gasteiger partial charge in [0, 0.05) is 38.1 Å². The van der Waals surface area contributed by atoms with Crippen LogP contribution < -0.4 is 10.6 Å². The highest BCUT2D eigenvalue weighted by molar-refractivity contribution is 7.13. The summed E-state index contributed by atoms with van der Waals surface area (Å²) in [6, 6.07) is 3.85. The Labute approximate surface area is 139 Å². The number of furan rings is 1. The molecule has 3 rings (SSSR count). The molecule has 1 saturated heterocycles. The van der Waals surface area contributed by atoms with Gasteiger partial charge in [-0.2, -0.15) is 0 Å². The number of nitrogens with two attached hydrogens (primary N) is 1. The van der Waals surface area contributed by atoms with Gasteiger partial charge in [-0.15, -0.1) is 11.3 Å². The summed E-state index contributed by atoms with van der Waals surface area (Å²) in [6.07, 6.45) is 3.76. The normalized spacial score (nSPS) is 16.7. The summed E-state index contributed by atoms with van der Waals surface area (Å²) >= 11 is 1.47. The Morgan fingerprint density at radius 2 is 2.22 bits per heavy atom. The lowest BCUT2D eigenvalue weighted by molar-refractivity contribution is 0.0996. The van der Waals surface area contributed by atoms with Crippen molar-refractivity contribution in [2.24, 2.45) is 5.73 Å². The number of nitrogens with zero attached hydrogens (tertiary/aromatic N) is 3. The Morgan fingerprint density at radius 1 is 1.43 bits per heavy atom. The van der Waals surface area contributed by atoms with Crippen LogP contribution in [0.2, 0.25) is 0 Å². The number of carbonyl (C=O) groups excluding carboxylic acids is 1. The van der Waals surface area contributed by atoms with Crippen LogP contribution in [0.1, 0.15) is 23.2 Å². The van der Waals surface area contributed by atoms with Crippen LogP contribution in [0.15, 0.2) is 33.8 Å². The molecule has 0 aliphatic carbocycles. The SMILES string of the molecule is C/C(=C\c1ccco1)CN1CCN(c2nc(C(N)=O)cs2)CC1. The van der Waals surface area contributed by atoms with Crippen LogP contribution in [0.5, 0.6) is 0 Å².